The maximum atomic E-state index is 12.9. The minimum atomic E-state index is -0.296. The van der Waals surface area contributed by atoms with Crippen LogP contribution in [-0.2, 0) is 0 Å². The number of H-pyrrole nitrogens is 1. The van der Waals surface area contributed by atoms with E-state index in [-0.39, 0.29) is 17.0 Å². The highest BCUT2D eigenvalue weighted by Crippen LogP contribution is 2.34. The quantitative estimate of drug-likeness (QED) is 0.824. The highest BCUT2D eigenvalue weighted by molar-refractivity contribution is 5.88. The van der Waals surface area contributed by atoms with Crippen LogP contribution in [0.2, 0.25) is 0 Å². The summed E-state index contributed by atoms with van der Waals surface area (Å²) in [5, 5.41) is 13.4. The van der Waals surface area contributed by atoms with Crippen LogP contribution in [0.25, 0.3) is 10.9 Å². The van der Waals surface area contributed by atoms with Crippen LogP contribution in [0.4, 0.5) is 5.69 Å². The fourth-order valence-electron chi connectivity index (χ4n) is 3.82. The van der Waals surface area contributed by atoms with Crippen molar-refractivity contribution >= 4 is 22.8 Å². The van der Waals surface area contributed by atoms with Crippen LogP contribution in [-0.4, -0.2) is 22.3 Å². The van der Waals surface area contributed by atoms with Crippen molar-refractivity contribution in [2.75, 3.05) is 6.54 Å². The van der Waals surface area contributed by atoms with Crippen molar-refractivity contribution in [3.05, 3.63) is 45.8 Å². The van der Waals surface area contributed by atoms with Crippen molar-refractivity contribution in [1.82, 2.24) is 4.98 Å². The van der Waals surface area contributed by atoms with Gasteiger partial charge in [-0.1, -0.05) is 29.7 Å². The molecule has 0 saturated heterocycles. The van der Waals surface area contributed by atoms with E-state index in [2.05, 4.69) is 11.1 Å². The van der Waals surface area contributed by atoms with Crippen LogP contribution in [0.15, 0.2) is 34.6 Å². The summed E-state index contributed by atoms with van der Waals surface area (Å²) in [7, 11) is 0. The van der Waals surface area contributed by atoms with Crippen LogP contribution in [0.5, 0.6) is 5.75 Å². The Balaban J connectivity index is 1.87. The molecule has 1 unspecified atom stereocenters. The SMILES string of the molecule is Cc1ccc2[nH]c(=O)c([N+]3=CC=C4CCCCC4C3)c([O-])c2c1. The largest absolute Gasteiger partial charge is 0.867 e. The number of aromatic nitrogens is 1. The van der Waals surface area contributed by atoms with Gasteiger partial charge in [0.05, 0.1) is 0 Å². The van der Waals surface area contributed by atoms with Crippen molar-refractivity contribution < 1.29 is 9.68 Å². The van der Waals surface area contributed by atoms with Gasteiger partial charge < -0.3 is 10.1 Å². The van der Waals surface area contributed by atoms with Crippen molar-refractivity contribution in [3.63, 3.8) is 0 Å². The van der Waals surface area contributed by atoms with E-state index in [1.54, 1.807) is 6.07 Å². The third-order valence-electron chi connectivity index (χ3n) is 5.06. The summed E-state index contributed by atoms with van der Waals surface area (Å²) in [5.41, 5.74) is 3.05. The topological polar surface area (TPSA) is 58.9 Å². The maximum Gasteiger partial charge on any atom is 0.319 e. The number of pyridine rings is 1. The van der Waals surface area contributed by atoms with E-state index in [1.165, 1.54) is 18.4 Å². The van der Waals surface area contributed by atoms with Gasteiger partial charge in [0.1, 0.15) is 0 Å². The molecule has 23 heavy (non-hydrogen) atoms. The van der Waals surface area contributed by atoms with E-state index in [0.29, 0.717) is 16.8 Å². The van der Waals surface area contributed by atoms with Gasteiger partial charge in [-0.3, -0.25) is 4.79 Å². The Labute approximate surface area is 134 Å². The van der Waals surface area contributed by atoms with E-state index in [9.17, 15) is 9.90 Å². The van der Waals surface area contributed by atoms with Gasteiger partial charge in [0.25, 0.3) is 5.69 Å². The Kier molecular flexibility index (Phi) is 3.33. The smallest absolute Gasteiger partial charge is 0.319 e. The number of aryl methyl sites for hydroxylation is 1. The lowest BCUT2D eigenvalue weighted by molar-refractivity contribution is -0.453. The minimum Gasteiger partial charge on any atom is -0.867 e. The highest BCUT2D eigenvalue weighted by atomic mass is 16.3. The molecule has 1 N–H and O–H groups in total. The number of rotatable bonds is 1. The predicted molar refractivity (Wildman–Crippen MR) is 89.6 cm³/mol. The molecule has 4 nitrogen and oxygen atoms in total. The van der Waals surface area contributed by atoms with E-state index in [0.717, 1.165) is 24.9 Å². The van der Waals surface area contributed by atoms with Gasteiger partial charge in [-0.05, 0) is 43.4 Å². The first-order valence-electron chi connectivity index (χ1n) is 8.28. The van der Waals surface area contributed by atoms with Crippen LogP contribution < -0.4 is 10.7 Å². The molecule has 4 heteroatoms. The molecule has 2 heterocycles. The van der Waals surface area contributed by atoms with Crippen LogP contribution in [0, 0.1) is 12.8 Å². The molecule has 118 valence electrons. The molecule has 0 bridgehead atoms. The normalized spacial score (nSPS) is 20.8. The zero-order chi connectivity index (χ0) is 16.0. The summed E-state index contributed by atoms with van der Waals surface area (Å²) in [5.74, 6) is 0.303. The number of hydrogen-bond donors (Lipinski definition) is 1. The van der Waals surface area contributed by atoms with Crippen LogP contribution >= 0.6 is 0 Å². The molecule has 0 spiro atoms. The zero-order valence-corrected chi connectivity index (χ0v) is 13.3. The Morgan fingerprint density at radius 3 is 3.04 bits per heavy atom. The third-order valence-corrected chi connectivity index (χ3v) is 5.06. The van der Waals surface area contributed by atoms with Gasteiger partial charge in [0, 0.05) is 17.5 Å². The molecule has 1 aromatic carbocycles. The summed E-state index contributed by atoms with van der Waals surface area (Å²) in [6.45, 7) is 2.69. The van der Waals surface area contributed by atoms with Crippen molar-refractivity contribution in [3.8, 4) is 5.75 Å². The highest BCUT2D eigenvalue weighted by Gasteiger charge is 2.29. The van der Waals surface area contributed by atoms with Crippen LogP contribution in [0.3, 0.4) is 0 Å². The van der Waals surface area contributed by atoms with Gasteiger partial charge in [-0.25, -0.2) is 0 Å². The Bertz CT molecular complexity index is 905. The van der Waals surface area contributed by atoms with Gasteiger partial charge in [0.2, 0.25) is 0 Å². The number of benzene rings is 1. The van der Waals surface area contributed by atoms with Crippen molar-refractivity contribution in [2.45, 2.75) is 32.6 Å². The Morgan fingerprint density at radius 2 is 2.17 bits per heavy atom. The second kappa shape index (κ2) is 5.37. The number of hydrogen-bond acceptors (Lipinski definition) is 2. The first kappa shape index (κ1) is 14.2. The summed E-state index contributed by atoms with van der Waals surface area (Å²) >= 11 is 0. The summed E-state index contributed by atoms with van der Waals surface area (Å²) in [4.78, 5) is 15.3. The van der Waals surface area contributed by atoms with E-state index in [4.69, 9.17) is 0 Å². The van der Waals surface area contributed by atoms with Gasteiger partial charge >= 0.3 is 5.56 Å². The fourth-order valence-corrected chi connectivity index (χ4v) is 3.82. The molecule has 0 radical (unpaired) electrons. The lowest BCUT2D eigenvalue weighted by atomic mass is 9.83. The Morgan fingerprint density at radius 1 is 1.30 bits per heavy atom. The molecule has 1 aromatic heterocycles. The van der Waals surface area contributed by atoms with E-state index < -0.39 is 0 Å². The molecule has 1 aliphatic heterocycles. The average molecular weight is 308 g/mol. The molecule has 2 aromatic rings. The molecule has 1 aliphatic carbocycles. The number of fused-ring (bicyclic) bond motifs is 2. The minimum absolute atomic E-state index is 0.170. The zero-order valence-electron chi connectivity index (χ0n) is 13.3. The summed E-state index contributed by atoms with van der Waals surface area (Å²) < 4.78 is 1.85. The van der Waals surface area contributed by atoms with Crippen LogP contribution in [0.1, 0.15) is 31.2 Å². The standard InChI is InChI=1S/C19H20N2O2/c1-12-6-7-16-15(10-12)18(22)17(19(23)20-16)21-9-8-13-4-2-3-5-14(13)11-21/h6-10,14H,2-5,11H2,1H3,(H-,20,22,23). The second-order valence-electron chi connectivity index (χ2n) is 6.67. The Hall–Kier alpha value is -2.36. The molecule has 1 fully saturated rings. The first-order valence-corrected chi connectivity index (χ1v) is 8.28. The average Bonchev–Trinajstić information content (AvgIpc) is 2.56. The summed E-state index contributed by atoms with van der Waals surface area (Å²) in [6, 6.07) is 5.56. The molecule has 1 atom stereocenters. The van der Waals surface area contributed by atoms with E-state index in [1.807, 2.05) is 29.8 Å². The number of nitrogens with zero attached hydrogens (tertiary/aromatic N) is 1. The molecule has 4 rings (SSSR count). The molecular formula is C19H20N2O2. The van der Waals surface area contributed by atoms with Gasteiger partial charge in [0.15, 0.2) is 12.8 Å². The van der Waals surface area contributed by atoms with Crippen molar-refractivity contribution in [2.24, 2.45) is 5.92 Å². The molecule has 2 aliphatic rings. The number of allylic oxidation sites excluding steroid dienone is 1. The molecule has 0 amide bonds. The summed E-state index contributed by atoms with van der Waals surface area (Å²) in [6.07, 6.45) is 8.78. The lowest BCUT2D eigenvalue weighted by Crippen LogP contribution is -2.29. The second-order valence-corrected chi connectivity index (χ2v) is 6.67. The fraction of sp³-hybridized carbons (Fsp3) is 0.368. The maximum absolute atomic E-state index is 12.9. The lowest BCUT2D eigenvalue weighted by Gasteiger charge is -2.26. The van der Waals surface area contributed by atoms with Gasteiger partial charge in [-0.15, -0.1) is 0 Å². The molecular weight excluding hydrogens is 288 g/mol. The number of nitrogens with one attached hydrogen (secondary N) is 1. The first-order chi connectivity index (χ1) is 11.1. The number of aromatic amines is 1. The van der Waals surface area contributed by atoms with Crippen molar-refractivity contribution in [1.29, 1.82) is 0 Å². The third kappa shape index (κ3) is 2.38. The molecule has 1 saturated carbocycles. The monoisotopic (exact) mass is 308 g/mol. The predicted octanol–water partition coefficient (Wildman–Crippen LogP) is 2.76. The van der Waals surface area contributed by atoms with Gasteiger partial charge in [-0.2, -0.15) is 4.58 Å². The van der Waals surface area contributed by atoms with E-state index >= 15 is 0 Å².